The van der Waals surface area contributed by atoms with Crippen LogP contribution in [0.25, 0.3) is 11.1 Å². The molecule has 0 amide bonds. The van der Waals surface area contributed by atoms with E-state index in [1.165, 1.54) is 16.7 Å². The summed E-state index contributed by atoms with van der Waals surface area (Å²) in [5.74, 6) is 0. The molecule has 0 bridgehead atoms. The molecule has 1 aliphatic heterocycles. The quantitative estimate of drug-likeness (QED) is 0.833. The summed E-state index contributed by atoms with van der Waals surface area (Å²) in [7, 11) is 0. The Morgan fingerprint density at radius 1 is 0.947 bits per heavy atom. The number of nitriles is 1. The molecule has 0 radical (unpaired) electrons. The lowest BCUT2D eigenvalue weighted by Gasteiger charge is -2.40. The highest BCUT2D eigenvalue weighted by Gasteiger charge is 2.40. The van der Waals surface area contributed by atoms with Crippen molar-refractivity contribution in [2.75, 3.05) is 13.2 Å². The molecule has 2 nitrogen and oxygen atoms in total. The van der Waals surface area contributed by atoms with E-state index in [0.717, 1.165) is 0 Å². The molecule has 0 unspecified atom stereocenters. The molecular formula is C17H15NO. The normalized spacial score (nSPS) is 16.4. The van der Waals surface area contributed by atoms with Crippen molar-refractivity contribution in [3.05, 3.63) is 60.2 Å². The summed E-state index contributed by atoms with van der Waals surface area (Å²) in [6.45, 7) is 1.32. The molecule has 0 aliphatic carbocycles. The van der Waals surface area contributed by atoms with Crippen molar-refractivity contribution in [1.29, 1.82) is 5.26 Å². The minimum Gasteiger partial charge on any atom is -0.379 e. The van der Waals surface area contributed by atoms with Crippen molar-refractivity contribution in [1.82, 2.24) is 0 Å². The van der Waals surface area contributed by atoms with E-state index in [9.17, 15) is 0 Å². The van der Waals surface area contributed by atoms with E-state index in [1.54, 1.807) is 0 Å². The molecule has 19 heavy (non-hydrogen) atoms. The minimum absolute atomic E-state index is 0.0794. The van der Waals surface area contributed by atoms with Gasteiger partial charge in [-0.05, 0) is 16.7 Å². The predicted molar refractivity (Wildman–Crippen MR) is 74.6 cm³/mol. The number of hydrogen-bond acceptors (Lipinski definition) is 2. The van der Waals surface area contributed by atoms with E-state index >= 15 is 0 Å². The molecule has 2 aromatic rings. The van der Waals surface area contributed by atoms with E-state index in [0.29, 0.717) is 19.6 Å². The summed E-state index contributed by atoms with van der Waals surface area (Å²) in [5, 5.41) is 8.96. The Morgan fingerprint density at radius 2 is 1.58 bits per heavy atom. The van der Waals surface area contributed by atoms with Crippen LogP contribution in [0.3, 0.4) is 0 Å². The standard InChI is InChI=1S/C17H15NO/c18-11-10-17(12-19-13-17)16-8-6-15(7-9-16)14-4-2-1-3-5-14/h1-9H,10,12-13H2. The summed E-state index contributed by atoms with van der Waals surface area (Å²) in [6, 6.07) is 21.1. The topological polar surface area (TPSA) is 33.0 Å². The van der Waals surface area contributed by atoms with Crippen LogP contribution in [0.2, 0.25) is 0 Å². The molecule has 0 spiro atoms. The molecular weight excluding hydrogens is 234 g/mol. The molecule has 1 saturated heterocycles. The first-order valence-corrected chi connectivity index (χ1v) is 6.45. The van der Waals surface area contributed by atoms with Crippen LogP contribution in [-0.4, -0.2) is 13.2 Å². The van der Waals surface area contributed by atoms with Gasteiger partial charge in [0.1, 0.15) is 0 Å². The van der Waals surface area contributed by atoms with Gasteiger partial charge in [0, 0.05) is 6.42 Å². The van der Waals surface area contributed by atoms with Crippen molar-refractivity contribution in [3.8, 4) is 17.2 Å². The van der Waals surface area contributed by atoms with Gasteiger partial charge in [0.05, 0.1) is 24.7 Å². The van der Waals surface area contributed by atoms with Crippen molar-refractivity contribution in [2.45, 2.75) is 11.8 Å². The molecule has 2 heteroatoms. The molecule has 1 aliphatic rings. The van der Waals surface area contributed by atoms with Crippen molar-refractivity contribution in [2.24, 2.45) is 0 Å². The maximum absolute atomic E-state index is 8.96. The molecule has 0 saturated carbocycles. The Balaban J connectivity index is 1.89. The number of hydrogen-bond donors (Lipinski definition) is 0. The van der Waals surface area contributed by atoms with Gasteiger partial charge < -0.3 is 4.74 Å². The average molecular weight is 249 g/mol. The first-order chi connectivity index (χ1) is 9.34. The third kappa shape index (κ3) is 2.14. The lowest BCUT2D eigenvalue weighted by atomic mass is 9.76. The fraction of sp³-hybridized carbons (Fsp3) is 0.235. The summed E-state index contributed by atoms with van der Waals surface area (Å²) in [5.41, 5.74) is 3.55. The van der Waals surface area contributed by atoms with Crippen molar-refractivity contribution in [3.63, 3.8) is 0 Å². The average Bonchev–Trinajstić information content (AvgIpc) is 2.44. The monoisotopic (exact) mass is 249 g/mol. The largest absolute Gasteiger partial charge is 0.379 e. The van der Waals surface area contributed by atoms with E-state index in [1.807, 2.05) is 18.2 Å². The first-order valence-electron chi connectivity index (χ1n) is 6.45. The van der Waals surface area contributed by atoms with Gasteiger partial charge in [0.25, 0.3) is 0 Å². The molecule has 0 atom stereocenters. The smallest absolute Gasteiger partial charge is 0.0632 e. The second-order valence-corrected chi connectivity index (χ2v) is 5.05. The second kappa shape index (κ2) is 4.87. The highest BCUT2D eigenvalue weighted by Crippen LogP contribution is 2.36. The summed E-state index contributed by atoms with van der Waals surface area (Å²) < 4.78 is 5.31. The van der Waals surface area contributed by atoms with Gasteiger partial charge in [0.15, 0.2) is 0 Å². The van der Waals surface area contributed by atoms with Gasteiger partial charge >= 0.3 is 0 Å². The lowest BCUT2D eigenvalue weighted by molar-refractivity contribution is -0.0577. The highest BCUT2D eigenvalue weighted by molar-refractivity contribution is 5.63. The lowest BCUT2D eigenvalue weighted by Crippen LogP contribution is -2.46. The molecule has 0 N–H and O–H groups in total. The fourth-order valence-corrected chi connectivity index (χ4v) is 2.52. The zero-order valence-corrected chi connectivity index (χ0v) is 10.7. The van der Waals surface area contributed by atoms with Crippen LogP contribution in [0.1, 0.15) is 12.0 Å². The number of nitrogens with zero attached hydrogens (tertiary/aromatic N) is 1. The van der Waals surface area contributed by atoms with E-state index in [4.69, 9.17) is 10.00 Å². The van der Waals surface area contributed by atoms with Gasteiger partial charge in [-0.2, -0.15) is 5.26 Å². The van der Waals surface area contributed by atoms with Crippen LogP contribution in [0, 0.1) is 11.3 Å². The molecule has 3 rings (SSSR count). The van der Waals surface area contributed by atoms with Crippen LogP contribution in [0.5, 0.6) is 0 Å². The zero-order valence-electron chi connectivity index (χ0n) is 10.7. The summed E-state index contributed by atoms with van der Waals surface area (Å²) >= 11 is 0. The SMILES string of the molecule is N#CCC1(c2ccc(-c3ccccc3)cc2)COC1. The second-order valence-electron chi connectivity index (χ2n) is 5.05. The number of rotatable bonds is 3. The Labute approximate surface area is 113 Å². The molecule has 1 fully saturated rings. The van der Waals surface area contributed by atoms with Gasteiger partial charge in [-0.15, -0.1) is 0 Å². The third-order valence-corrected chi connectivity index (χ3v) is 3.78. The Hall–Kier alpha value is -2.11. The Kier molecular flexibility index (Phi) is 3.06. The molecule has 0 aromatic heterocycles. The zero-order chi connectivity index (χ0) is 13.1. The highest BCUT2D eigenvalue weighted by atomic mass is 16.5. The fourth-order valence-electron chi connectivity index (χ4n) is 2.52. The van der Waals surface area contributed by atoms with Crippen LogP contribution < -0.4 is 0 Å². The van der Waals surface area contributed by atoms with E-state index in [-0.39, 0.29) is 5.41 Å². The van der Waals surface area contributed by atoms with Crippen LogP contribution in [0.15, 0.2) is 54.6 Å². The first kappa shape index (κ1) is 12.0. The van der Waals surface area contributed by atoms with E-state index in [2.05, 4.69) is 42.5 Å². The molecule has 1 heterocycles. The Bertz CT molecular complexity index is 591. The van der Waals surface area contributed by atoms with Crippen LogP contribution >= 0.6 is 0 Å². The van der Waals surface area contributed by atoms with Gasteiger partial charge in [-0.25, -0.2) is 0 Å². The van der Waals surface area contributed by atoms with Crippen LogP contribution in [0.4, 0.5) is 0 Å². The van der Waals surface area contributed by atoms with E-state index < -0.39 is 0 Å². The summed E-state index contributed by atoms with van der Waals surface area (Å²) in [4.78, 5) is 0. The maximum Gasteiger partial charge on any atom is 0.0632 e. The third-order valence-electron chi connectivity index (χ3n) is 3.78. The maximum atomic E-state index is 8.96. The van der Waals surface area contributed by atoms with Crippen molar-refractivity contribution >= 4 is 0 Å². The number of ether oxygens (including phenoxy) is 1. The van der Waals surface area contributed by atoms with Crippen molar-refractivity contribution < 1.29 is 4.74 Å². The molecule has 94 valence electrons. The predicted octanol–water partition coefficient (Wildman–Crippen LogP) is 3.54. The van der Waals surface area contributed by atoms with Gasteiger partial charge in [-0.1, -0.05) is 54.6 Å². The Morgan fingerprint density at radius 3 is 2.11 bits per heavy atom. The molecule has 2 aromatic carbocycles. The number of benzene rings is 2. The minimum atomic E-state index is -0.0794. The van der Waals surface area contributed by atoms with Crippen LogP contribution in [-0.2, 0) is 10.2 Å². The van der Waals surface area contributed by atoms with Gasteiger partial charge in [0.2, 0.25) is 0 Å². The summed E-state index contributed by atoms with van der Waals surface area (Å²) in [6.07, 6.45) is 0.525. The van der Waals surface area contributed by atoms with Gasteiger partial charge in [-0.3, -0.25) is 0 Å².